The van der Waals surface area contributed by atoms with E-state index >= 15 is 0 Å². The second kappa shape index (κ2) is 6.42. The average Bonchev–Trinajstić information content (AvgIpc) is 2.68. The Morgan fingerprint density at radius 3 is 2.71 bits per heavy atom. The van der Waals surface area contributed by atoms with Crippen LogP contribution in [0.3, 0.4) is 0 Å². The lowest BCUT2D eigenvalue weighted by Gasteiger charge is -2.24. The van der Waals surface area contributed by atoms with Crippen molar-refractivity contribution in [3.05, 3.63) is 23.8 Å². The fourth-order valence-corrected chi connectivity index (χ4v) is 3.67. The van der Waals surface area contributed by atoms with Crippen LogP contribution in [0.25, 0.3) is 0 Å². The van der Waals surface area contributed by atoms with Crippen molar-refractivity contribution in [1.82, 2.24) is 0 Å². The summed E-state index contributed by atoms with van der Waals surface area (Å²) in [5, 5.41) is 0. The first-order valence-corrected chi connectivity index (χ1v) is 7.64. The highest BCUT2D eigenvalue weighted by Gasteiger charge is 2.32. The molecule has 0 heteroatoms. The minimum atomic E-state index is 0.861. The number of hydrogen-bond acceptors (Lipinski definition) is 0. The van der Waals surface area contributed by atoms with Crippen LogP contribution >= 0.6 is 0 Å². The van der Waals surface area contributed by atoms with Crippen molar-refractivity contribution in [3.8, 4) is 0 Å². The van der Waals surface area contributed by atoms with Crippen LogP contribution in [-0.4, -0.2) is 0 Å². The number of rotatable bonds is 1. The van der Waals surface area contributed by atoms with Crippen molar-refractivity contribution in [1.29, 1.82) is 0 Å². The largest absolute Gasteiger partial charge is 0.0845 e. The molecule has 0 saturated heterocycles. The molecule has 0 aromatic rings. The first-order valence-electron chi connectivity index (χ1n) is 7.64. The lowest BCUT2D eigenvalue weighted by molar-refractivity contribution is 0.296. The minimum absolute atomic E-state index is 0.861. The predicted molar refractivity (Wildman–Crippen MR) is 76.0 cm³/mol. The zero-order valence-corrected chi connectivity index (χ0v) is 11.6. The van der Waals surface area contributed by atoms with E-state index in [-0.39, 0.29) is 0 Å². The molecule has 96 valence electrons. The molecule has 0 aliphatic heterocycles. The van der Waals surface area contributed by atoms with Gasteiger partial charge in [-0.15, -0.1) is 0 Å². The van der Waals surface area contributed by atoms with Gasteiger partial charge in [-0.3, -0.25) is 0 Å². The van der Waals surface area contributed by atoms with E-state index in [0.29, 0.717) is 0 Å². The van der Waals surface area contributed by atoms with Crippen LogP contribution in [0.1, 0.15) is 65.2 Å². The van der Waals surface area contributed by atoms with Gasteiger partial charge in [0.05, 0.1) is 0 Å². The fourth-order valence-electron chi connectivity index (χ4n) is 3.67. The molecule has 0 amide bonds. The standard InChI is InChI=1S/C17H28/c1-14(2)16-13-12-15-10-8-6-4-3-5-7-9-11-17(15)16/h6,8,10,14,16-17H,3-5,7,9,11-13H2,1-2H3/b8-6+,15-10-. The highest BCUT2D eigenvalue weighted by atomic mass is 14.4. The molecule has 1 saturated carbocycles. The first-order chi connectivity index (χ1) is 8.29. The molecule has 1 fully saturated rings. The second-order valence-electron chi connectivity index (χ2n) is 6.21. The average molecular weight is 232 g/mol. The highest BCUT2D eigenvalue weighted by Crippen LogP contribution is 2.43. The van der Waals surface area contributed by atoms with Crippen LogP contribution in [0.15, 0.2) is 23.8 Å². The summed E-state index contributed by atoms with van der Waals surface area (Å²) in [5.74, 6) is 2.72. The van der Waals surface area contributed by atoms with Gasteiger partial charge in [0.1, 0.15) is 0 Å². The Hall–Kier alpha value is -0.520. The molecule has 2 aliphatic carbocycles. The molecule has 0 aromatic carbocycles. The molecule has 0 N–H and O–H groups in total. The van der Waals surface area contributed by atoms with Crippen LogP contribution in [-0.2, 0) is 0 Å². The van der Waals surface area contributed by atoms with Crippen molar-refractivity contribution in [2.45, 2.75) is 65.2 Å². The Labute approximate surface area is 107 Å². The summed E-state index contributed by atoms with van der Waals surface area (Å²) in [6.45, 7) is 4.82. The summed E-state index contributed by atoms with van der Waals surface area (Å²) in [6, 6.07) is 0. The third kappa shape index (κ3) is 3.47. The predicted octanol–water partition coefficient (Wildman–Crippen LogP) is 5.51. The molecule has 0 heterocycles. The monoisotopic (exact) mass is 232 g/mol. The topological polar surface area (TPSA) is 0 Å². The smallest absolute Gasteiger partial charge is 0.0169 e. The van der Waals surface area contributed by atoms with E-state index in [4.69, 9.17) is 0 Å². The van der Waals surface area contributed by atoms with Crippen LogP contribution in [0.5, 0.6) is 0 Å². The lowest BCUT2D eigenvalue weighted by atomic mass is 9.81. The van der Waals surface area contributed by atoms with E-state index in [1.165, 1.54) is 51.4 Å². The zero-order valence-electron chi connectivity index (χ0n) is 11.6. The van der Waals surface area contributed by atoms with E-state index in [1.54, 1.807) is 5.57 Å². The van der Waals surface area contributed by atoms with Gasteiger partial charge < -0.3 is 0 Å². The SMILES string of the molecule is CC(C)C1CC/C2=C/C=C/CCCCCCC21. The maximum Gasteiger partial charge on any atom is -0.0169 e. The second-order valence-corrected chi connectivity index (χ2v) is 6.21. The molecular weight excluding hydrogens is 204 g/mol. The number of allylic oxidation sites excluding steroid dienone is 4. The minimum Gasteiger partial charge on any atom is -0.0845 e. The summed E-state index contributed by atoms with van der Waals surface area (Å²) >= 11 is 0. The van der Waals surface area contributed by atoms with Crippen molar-refractivity contribution in [3.63, 3.8) is 0 Å². The van der Waals surface area contributed by atoms with Crippen molar-refractivity contribution >= 4 is 0 Å². The molecule has 0 spiro atoms. The Morgan fingerprint density at radius 2 is 1.88 bits per heavy atom. The maximum absolute atomic E-state index is 2.44. The molecular formula is C17H28. The molecule has 2 aliphatic rings. The summed E-state index contributed by atoms with van der Waals surface area (Å²) in [4.78, 5) is 0. The lowest BCUT2D eigenvalue weighted by Crippen LogP contribution is -2.15. The van der Waals surface area contributed by atoms with E-state index in [0.717, 1.165) is 17.8 Å². The molecule has 0 bridgehead atoms. The fraction of sp³-hybridized carbons (Fsp3) is 0.765. The number of hydrogen-bond donors (Lipinski definition) is 0. The quantitative estimate of drug-likeness (QED) is 0.559. The van der Waals surface area contributed by atoms with Gasteiger partial charge in [-0.1, -0.05) is 56.9 Å². The van der Waals surface area contributed by atoms with Gasteiger partial charge >= 0.3 is 0 Å². The Morgan fingerprint density at radius 1 is 1.06 bits per heavy atom. The van der Waals surface area contributed by atoms with E-state index in [1.807, 2.05) is 0 Å². The first kappa shape index (κ1) is 12.9. The van der Waals surface area contributed by atoms with E-state index in [9.17, 15) is 0 Å². The molecule has 0 nitrogen and oxygen atoms in total. The Bertz CT molecular complexity index is 282. The van der Waals surface area contributed by atoms with Crippen LogP contribution < -0.4 is 0 Å². The van der Waals surface area contributed by atoms with Crippen LogP contribution in [0, 0.1) is 17.8 Å². The highest BCUT2D eigenvalue weighted by molar-refractivity contribution is 5.20. The van der Waals surface area contributed by atoms with E-state index in [2.05, 4.69) is 32.1 Å². The summed E-state index contributed by atoms with van der Waals surface area (Å²) in [7, 11) is 0. The molecule has 2 atom stereocenters. The molecule has 2 unspecified atom stereocenters. The van der Waals surface area contributed by atoms with Crippen LogP contribution in [0.2, 0.25) is 0 Å². The van der Waals surface area contributed by atoms with Crippen molar-refractivity contribution in [2.24, 2.45) is 17.8 Å². The summed E-state index contributed by atoms with van der Waals surface area (Å²) in [6.07, 6.45) is 18.4. The number of fused-ring (bicyclic) bond motifs is 1. The van der Waals surface area contributed by atoms with Crippen molar-refractivity contribution < 1.29 is 0 Å². The third-order valence-corrected chi connectivity index (χ3v) is 4.70. The molecule has 2 rings (SSSR count). The van der Waals surface area contributed by atoms with Gasteiger partial charge in [0.25, 0.3) is 0 Å². The van der Waals surface area contributed by atoms with Gasteiger partial charge in [0.15, 0.2) is 0 Å². The van der Waals surface area contributed by atoms with Crippen molar-refractivity contribution in [2.75, 3.05) is 0 Å². The normalized spacial score (nSPS) is 35.8. The van der Waals surface area contributed by atoms with Gasteiger partial charge in [0.2, 0.25) is 0 Å². The third-order valence-electron chi connectivity index (χ3n) is 4.70. The van der Waals surface area contributed by atoms with Crippen LogP contribution in [0.4, 0.5) is 0 Å². The maximum atomic E-state index is 2.44. The summed E-state index contributed by atoms with van der Waals surface area (Å²) in [5.41, 5.74) is 1.75. The van der Waals surface area contributed by atoms with Gasteiger partial charge in [0, 0.05) is 0 Å². The van der Waals surface area contributed by atoms with Gasteiger partial charge in [-0.2, -0.15) is 0 Å². The Kier molecular flexibility index (Phi) is 4.88. The molecule has 0 radical (unpaired) electrons. The zero-order chi connectivity index (χ0) is 12.1. The van der Waals surface area contributed by atoms with E-state index < -0.39 is 0 Å². The summed E-state index contributed by atoms with van der Waals surface area (Å²) < 4.78 is 0. The molecule has 0 aromatic heterocycles. The Balaban J connectivity index is 2.08. The van der Waals surface area contributed by atoms with Gasteiger partial charge in [-0.25, -0.2) is 0 Å². The van der Waals surface area contributed by atoms with Gasteiger partial charge in [-0.05, 0) is 49.9 Å². The molecule has 17 heavy (non-hydrogen) atoms.